The number of aliphatic hydroxyl groups excluding tert-OH is 1. The Morgan fingerprint density at radius 2 is 1.87 bits per heavy atom. The molecule has 4 rings (SSSR count). The summed E-state index contributed by atoms with van der Waals surface area (Å²) in [5, 5.41) is 21.5. The number of carbonyl (C=O) groups is 3. The second-order valence-electron chi connectivity index (χ2n) is 9.80. The molecule has 31 heavy (non-hydrogen) atoms. The zero-order valence-electron chi connectivity index (χ0n) is 18.6. The summed E-state index contributed by atoms with van der Waals surface area (Å²) in [6.45, 7) is 9.74. The summed E-state index contributed by atoms with van der Waals surface area (Å²) in [6.07, 6.45) is -1.78. The number of aliphatic hydroxyl groups is 2. The van der Waals surface area contributed by atoms with Crippen molar-refractivity contribution in [1.82, 2.24) is 0 Å². The van der Waals surface area contributed by atoms with Gasteiger partial charge in [0.25, 0.3) is 0 Å². The number of allylic oxidation sites excluding steroid dienone is 1. The fraction of sp³-hybridized carbons (Fsp3) is 0.773. The van der Waals surface area contributed by atoms with Crippen LogP contribution in [0.25, 0.3) is 0 Å². The van der Waals surface area contributed by atoms with Crippen molar-refractivity contribution in [2.75, 3.05) is 0 Å². The smallest absolute Gasteiger partial charge is 0.333 e. The molecule has 2 heterocycles. The highest BCUT2D eigenvalue weighted by atomic mass is 16.7. The molecule has 9 unspecified atom stereocenters. The van der Waals surface area contributed by atoms with Crippen molar-refractivity contribution in [2.24, 2.45) is 16.7 Å². The van der Waals surface area contributed by atoms with E-state index >= 15 is 0 Å². The van der Waals surface area contributed by atoms with E-state index in [1.165, 1.54) is 13.8 Å². The molecule has 2 N–H and O–H groups in total. The van der Waals surface area contributed by atoms with Crippen molar-refractivity contribution in [1.29, 1.82) is 0 Å². The molecule has 0 amide bonds. The Morgan fingerprint density at radius 3 is 2.39 bits per heavy atom. The molecule has 4 fully saturated rings. The van der Waals surface area contributed by atoms with Gasteiger partial charge >= 0.3 is 17.9 Å². The average molecular weight is 438 g/mol. The molecular formula is C22H30O9. The number of epoxide rings is 1. The van der Waals surface area contributed by atoms with Crippen LogP contribution in [0.3, 0.4) is 0 Å². The molecule has 2 aliphatic heterocycles. The second kappa shape index (κ2) is 6.52. The van der Waals surface area contributed by atoms with Gasteiger partial charge in [-0.3, -0.25) is 9.59 Å². The molecule has 0 bridgehead atoms. The predicted molar refractivity (Wildman–Crippen MR) is 104 cm³/mol. The second-order valence-corrected chi connectivity index (χ2v) is 9.80. The zero-order valence-corrected chi connectivity index (χ0v) is 18.6. The Kier molecular flexibility index (Phi) is 4.68. The third kappa shape index (κ3) is 2.51. The lowest BCUT2D eigenvalue weighted by molar-refractivity contribution is -0.189. The van der Waals surface area contributed by atoms with Gasteiger partial charge in [0, 0.05) is 30.3 Å². The van der Waals surface area contributed by atoms with Crippen LogP contribution in [0.5, 0.6) is 0 Å². The summed E-state index contributed by atoms with van der Waals surface area (Å²) < 4.78 is 22.6. The van der Waals surface area contributed by atoms with Gasteiger partial charge in [-0.05, 0) is 27.2 Å². The van der Waals surface area contributed by atoms with Crippen LogP contribution in [-0.2, 0) is 33.3 Å². The number of ether oxygens (including phenoxy) is 4. The highest BCUT2D eigenvalue weighted by Gasteiger charge is 2.90. The van der Waals surface area contributed by atoms with Gasteiger partial charge in [-0.1, -0.05) is 19.9 Å². The van der Waals surface area contributed by atoms with Crippen LogP contribution in [-0.4, -0.2) is 63.9 Å². The summed E-state index contributed by atoms with van der Waals surface area (Å²) in [7, 11) is 0. The number of esters is 3. The van der Waals surface area contributed by atoms with E-state index in [9.17, 15) is 24.6 Å². The Bertz CT molecular complexity index is 878. The maximum Gasteiger partial charge on any atom is 0.333 e. The first-order valence-electron chi connectivity index (χ1n) is 10.6. The van der Waals surface area contributed by atoms with E-state index in [0.717, 1.165) is 0 Å². The molecule has 9 heteroatoms. The van der Waals surface area contributed by atoms with E-state index in [1.54, 1.807) is 19.9 Å². The minimum Gasteiger partial charge on any atom is -0.459 e. The lowest BCUT2D eigenvalue weighted by Gasteiger charge is -2.43. The lowest BCUT2D eigenvalue weighted by atomic mass is 9.61. The number of rotatable bonds is 3. The minimum absolute atomic E-state index is 0.0369. The molecule has 172 valence electrons. The van der Waals surface area contributed by atoms with Gasteiger partial charge in [0.05, 0.1) is 6.10 Å². The molecule has 0 aromatic rings. The Morgan fingerprint density at radius 1 is 1.23 bits per heavy atom. The van der Waals surface area contributed by atoms with Crippen molar-refractivity contribution in [2.45, 2.75) is 90.2 Å². The van der Waals surface area contributed by atoms with E-state index < -0.39 is 64.5 Å². The predicted octanol–water partition coefficient (Wildman–Crippen LogP) is 0.996. The average Bonchev–Trinajstić information content (AvgIpc) is 3.33. The Labute approximate surface area is 180 Å². The van der Waals surface area contributed by atoms with Crippen LogP contribution < -0.4 is 0 Å². The van der Waals surface area contributed by atoms with Gasteiger partial charge in [0.2, 0.25) is 6.29 Å². The third-order valence-electron chi connectivity index (χ3n) is 8.41. The maximum atomic E-state index is 13.1. The van der Waals surface area contributed by atoms with E-state index in [1.807, 2.05) is 13.8 Å². The molecule has 0 aromatic carbocycles. The SMILES string of the molecule is CC=C(C)C(=O)OC1CC2OC23C(OC(C)=O)C2(CC3(C)C1C)C(=O)OC(O)C2(C)O. The first kappa shape index (κ1) is 22.2. The standard InChI is InChI=1S/C22H30O9/c1-7-10(2)15(24)29-13-8-14-22(31-14)16(28-12(4)23)21(9-19(22,5)11(13)3)18(26)30-17(25)20(21,6)27/h7,11,13-14,16-17,25,27H,8-9H2,1-6H3. The van der Waals surface area contributed by atoms with Gasteiger partial charge in [-0.2, -0.15) is 0 Å². The van der Waals surface area contributed by atoms with E-state index in [-0.39, 0.29) is 12.3 Å². The van der Waals surface area contributed by atoms with Gasteiger partial charge in [0.15, 0.2) is 6.10 Å². The van der Waals surface area contributed by atoms with Crippen LogP contribution in [0.2, 0.25) is 0 Å². The third-order valence-corrected chi connectivity index (χ3v) is 8.41. The van der Waals surface area contributed by atoms with E-state index in [0.29, 0.717) is 12.0 Å². The Balaban J connectivity index is 1.78. The zero-order chi connectivity index (χ0) is 23.1. The molecule has 0 radical (unpaired) electrons. The van der Waals surface area contributed by atoms with Gasteiger partial charge in [-0.25, -0.2) is 4.79 Å². The van der Waals surface area contributed by atoms with Crippen molar-refractivity contribution < 1.29 is 43.5 Å². The largest absolute Gasteiger partial charge is 0.459 e. The summed E-state index contributed by atoms with van der Waals surface area (Å²) in [5.74, 6) is -2.19. The van der Waals surface area contributed by atoms with Crippen molar-refractivity contribution in [3.05, 3.63) is 11.6 Å². The lowest BCUT2D eigenvalue weighted by Crippen LogP contribution is -2.59. The van der Waals surface area contributed by atoms with Crippen LogP contribution >= 0.6 is 0 Å². The summed E-state index contributed by atoms with van der Waals surface area (Å²) >= 11 is 0. The molecule has 2 spiro atoms. The molecular weight excluding hydrogens is 408 g/mol. The fourth-order valence-corrected chi connectivity index (χ4v) is 6.20. The number of cyclic esters (lactones) is 1. The van der Waals surface area contributed by atoms with Crippen LogP contribution in [0.4, 0.5) is 0 Å². The molecule has 9 nitrogen and oxygen atoms in total. The fourth-order valence-electron chi connectivity index (χ4n) is 6.20. The van der Waals surface area contributed by atoms with Crippen LogP contribution in [0.15, 0.2) is 11.6 Å². The molecule has 4 aliphatic rings. The quantitative estimate of drug-likeness (QED) is 0.287. The molecule has 9 atom stereocenters. The summed E-state index contributed by atoms with van der Waals surface area (Å²) in [6, 6.07) is 0. The van der Waals surface area contributed by atoms with Gasteiger partial charge in [0.1, 0.15) is 22.7 Å². The highest BCUT2D eigenvalue weighted by Crippen LogP contribution is 2.76. The maximum absolute atomic E-state index is 13.1. The number of carbonyl (C=O) groups excluding carboxylic acids is 3. The Hall–Kier alpha value is -1.97. The summed E-state index contributed by atoms with van der Waals surface area (Å²) in [5.41, 5.74) is -5.10. The van der Waals surface area contributed by atoms with Crippen LogP contribution in [0, 0.1) is 16.7 Å². The van der Waals surface area contributed by atoms with Crippen LogP contribution in [0.1, 0.15) is 54.4 Å². The van der Waals surface area contributed by atoms with Gasteiger partial charge in [-0.15, -0.1) is 0 Å². The molecule has 2 saturated carbocycles. The number of hydrogen-bond donors (Lipinski definition) is 2. The first-order chi connectivity index (χ1) is 14.3. The van der Waals surface area contributed by atoms with Crippen molar-refractivity contribution >= 4 is 17.9 Å². The topological polar surface area (TPSA) is 132 Å². The van der Waals surface area contributed by atoms with E-state index in [2.05, 4.69) is 0 Å². The normalized spacial score (nSPS) is 50.5. The first-order valence-corrected chi connectivity index (χ1v) is 10.6. The van der Waals surface area contributed by atoms with Crippen molar-refractivity contribution in [3.8, 4) is 0 Å². The highest BCUT2D eigenvalue weighted by molar-refractivity contribution is 5.88. The monoisotopic (exact) mass is 438 g/mol. The molecule has 2 saturated heterocycles. The summed E-state index contributed by atoms with van der Waals surface area (Å²) in [4.78, 5) is 37.5. The van der Waals surface area contributed by atoms with Gasteiger partial charge < -0.3 is 29.2 Å². The van der Waals surface area contributed by atoms with Crippen molar-refractivity contribution in [3.63, 3.8) is 0 Å². The molecule has 2 aliphatic carbocycles. The number of hydrogen-bond acceptors (Lipinski definition) is 9. The minimum atomic E-state index is -2.01. The molecule has 0 aromatic heterocycles. The van der Waals surface area contributed by atoms with E-state index in [4.69, 9.17) is 18.9 Å².